The number of aromatic nitrogens is 2. The van der Waals surface area contributed by atoms with Crippen LogP contribution in [0.25, 0.3) is 17.0 Å². The molecule has 7 heteroatoms. The van der Waals surface area contributed by atoms with Gasteiger partial charge in [-0.2, -0.15) is 18.3 Å². The second-order valence-corrected chi connectivity index (χ2v) is 10.4. The molecule has 1 aromatic heterocycles. The molecule has 3 aromatic rings. The molecule has 1 atom stereocenters. The Balaban J connectivity index is 0.00000124. The second kappa shape index (κ2) is 13.0. The Labute approximate surface area is 229 Å². The van der Waals surface area contributed by atoms with Gasteiger partial charge in [0.15, 0.2) is 0 Å². The number of fused-ring (bicyclic) bond motifs is 1. The van der Waals surface area contributed by atoms with Gasteiger partial charge in [0.05, 0.1) is 17.6 Å². The monoisotopic (exact) mass is 541 g/mol. The predicted octanol–water partition coefficient (Wildman–Crippen LogP) is 9.36. The van der Waals surface area contributed by atoms with Gasteiger partial charge in [-0.1, -0.05) is 43.4 Å². The van der Waals surface area contributed by atoms with E-state index in [0.29, 0.717) is 5.52 Å². The lowest BCUT2D eigenvalue weighted by Crippen LogP contribution is -2.25. The van der Waals surface area contributed by atoms with Gasteiger partial charge in [-0.15, -0.1) is 13.2 Å². The van der Waals surface area contributed by atoms with Gasteiger partial charge in [0.25, 0.3) is 0 Å². The first-order chi connectivity index (χ1) is 18.0. The van der Waals surface area contributed by atoms with Gasteiger partial charge >= 0.3 is 6.18 Å². The van der Waals surface area contributed by atoms with Crippen LogP contribution in [0.15, 0.2) is 85.3 Å². The van der Waals surface area contributed by atoms with Crippen LogP contribution in [0.3, 0.4) is 0 Å². The number of halogens is 4. The molecular weight excluding hydrogens is 502 g/mol. The van der Waals surface area contributed by atoms with Gasteiger partial charge in [0, 0.05) is 23.3 Å². The van der Waals surface area contributed by atoms with Crippen molar-refractivity contribution in [1.82, 2.24) is 15.1 Å². The maximum absolute atomic E-state index is 14.3. The molecule has 0 bridgehead atoms. The molecule has 3 rings (SSSR count). The third-order valence-corrected chi connectivity index (χ3v) is 5.95. The van der Waals surface area contributed by atoms with E-state index in [1.165, 1.54) is 36.2 Å². The molecule has 0 aliphatic rings. The Morgan fingerprint density at radius 1 is 1.05 bits per heavy atom. The van der Waals surface area contributed by atoms with E-state index in [4.69, 9.17) is 0 Å². The summed E-state index contributed by atoms with van der Waals surface area (Å²) in [5.41, 5.74) is 1.82. The highest BCUT2D eigenvalue weighted by Gasteiger charge is 2.35. The fraction of sp³-hybridized carbons (Fsp3) is 0.344. The Morgan fingerprint density at radius 2 is 1.69 bits per heavy atom. The van der Waals surface area contributed by atoms with E-state index >= 15 is 0 Å². The molecule has 0 radical (unpaired) electrons. The lowest BCUT2D eigenvalue weighted by atomic mass is 9.95. The van der Waals surface area contributed by atoms with Crippen molar-refractivity contribution in [3.8, 4) is 0 Å². The fourth-order valence-corrected chi connectivity index (χ4v) is 3.79. The van der Waals surface area contributed by atoms with E-state index in [1.54, 1.807) is 6.20 Å². The van der Waals surface area contributed by atoms with Crippen LogP contribution in [0, 0.1) is 0 Å². The minimum absolute atomic E-state index is 0.0135. The van der Waals surface area contributed by atoms with E-state index in [-0.39, 0.29) is 23.7 Å². The SMILES string of the molecule is C=C(C)C.C=CC(CC)NC(=C)/C(C)=C/c1ccc2nn(Cc3ccc(C(C)(C)F)cc3C(F)(F)F)cc2c1. The highest BCUT2D eigenvalue weighted by molar-refractivity contribution is 5.81. The molecule has 39 heavy (non-hydrogen) atoms. The summed E-state index contributed by atoms with van der Waals surface area (Å²) in [5.74, 6) is 0. The molecule has 0 amide bonds. The summed E-state index contributed by atoms with van der Waals surface area (Å²) in [4.78, 5) is 0. The van der Waals surface area contributed by atoms with E-state index < -0.39 is 17.4 Å². The number of rotatable bonds is 9. The van der Waals surface area contributed by atoms with Crippen LogP contribution in [-0.2, 0) is 18.4 Å². The maximum Gasteiger partial charge on any atom is 0.416 e. The molecule has 0 spiro atoms. The summed E-state index contributed by atoms with van der Waals surface area (Å²) in [6.45, 7) is 21.8. The van der Waals surface area contributed by atoms with Crippen molar-refractivity contribution < 1.29 is 17.6 Å². The van der Waals surface area contributed by atoms with Crippen molar-refractivity contribution in [2.45, 2.75) is 72.4 Å². The summed E-state index contributed by atoms with van der Waals surface area (Å²) < 4.78 is 56.9. The third-order valence-electron chi connectivity index (χ3n) is 5.95. The summed E-state index contributed by atoms with van der Waals surface area (Å²) in [6.07, 6.45) is 1.84. The van der Waals surface area contributed by atoms with Crippen LogP contribution in [0.4, 0.5) is 17.6 Å². The number of benzene rings is 2. The van der Waals surface area contributed by atoms with E-state index in [0.717, 1.165) is 34.7 Å². The van der Waals surface area contributed by atoms with Crippen molar-refractivity contribution in [2.75, 3.05) is 0 Å². The normalized spacial score (nSPS) is 12.9. The quantitative estimate of drug-likeness (QED) is 0.166. The molecule has 1 N–H and O–H groups in total. The van der Waals surface area contributed by atoms with Gasteiger partial charge in [0.2, 0.25) is 0 Å². The number of alkyl halides is 4. The Hall–Kier alpha value is -3.61. The predicted molar refractivity (Wildman–Crippen MR) is 155 cm³/mol. The van der Waals surface area contributed by atoms with Gasteiger partial charge in [-0.3, -0.25) is 4.68 Å². The highest BCUT2D eigenvalue weighted by Crippen LogP contribution is 2.36. The summed E-state index contributed by atoms with van der Waals surface area (Å²) in [7, 11) is 0. The van der Waals surface area contributed by atoms with Crippen molar-refractivity contribution in [3.63, 3.8) is 0 Å². The van der Waals surface area contributed by atoms with Gasteiger partial charge in [-0.25, -0.2) is 4.39 Å². The van der Waals surface area contributed by atoms with Crippen molar-refractivity contribution in [3.05, 3.63) is 108 Å². The smallest absolute Gasteiger partial charge is 0.379 e. The molecule has 1 heterocycles. The van der Waals surface area contributed by atoms with Gasteiger partial charge in [0.1, 0.15) is 5.67 Å². The standard InChI is InChI=1S/C28H31F4N3.C4H8/c1-7-24(8-2)33-19(4)18(3)13-20-9-12-26-22(14-20)17-35(34-26)16-21-10-11-23(27(5,6)29)15-25(21)28(30,31)32;1-4(2)3/h7,9-15,17,24,33H,1,4,8,16H2,2-3,5-6H3;1H2,2-3H3/b18-13+;. The van der Waals surface area contributed by atoms with Crippen molar-refractivity contribution in [1.29, 1.82) is 0 Å². The van der Waals surface area contributed by atoms with Crippen LogP contribution >= 0.6 is 0 Å². The molecule has 0 aliphatic carbocycles. The third kappa shape index (κ3) is 9.27. The Morgan fingerprint density at radius 3 is 2.23 bits per heavy atom. The van der Waals surface area contributed by atoms with Gasteiger partial charge in [-0.05, 0) is 87.6 Å². The van der Waals surface area contributed by atoms with E-state index in [9.17, 15) is 17.6 Å². The van der Waals surface area contributed by atoms with Crippen LogP contribution in [-0.4, -0.2) is 15.8 Å². The molecule has 3 nitrogen and oxygen atoms in total. The maximum atomic E-state index is 14.3. The van der Waals surface area contributed by atoms with Crippen LogP contribution < -0.4 is 5.32 Å². The highest BCUT2D eigenvalue weighted by atomic mass is 19.4. The first-order valence-electron chi connectivity index (χ1n) is 12.8. The number of hydrogen-bond donors (Lipinski definition) is 1. The van der Waals surface area contributed by atoms with E-state index in [2.05, 4.69) is 37.1 Å². The zero-order valence-corrected chi connectivity index (χ0v) is 23.7. The Kier molecular flexibility index (Phi) is 10.5. The van der Waals surface area contributed by atoms with Gasteiger partial charge < -0.3 is 5.32 Å². The zero-order valence-electron chi connectivity index (χ0n) is 23.7. The van der Waals surface area contributed by atoms with Crippen LogP contribution in [0.2, 0.25) is 0 Å². The zero-order chi connectivity index (χ0) is 29.5. The lowest BCUT2D eigenvalue weighted by molar-refractivity contribution is -0.138. The second-order valence-electron chi connectivity index (χ2n) is 10.4. The van der Waals surface area contributed by atoms with Crippen LogP contribution in [0.1, 0.15) is 70.2 Å². The molecule has 0 fully saturated rings. The molecule has 210 valence electrons. The average Bonchev–Trinajstić information content (AvgIpc) is 3.22. The number of allylic oxidation sites excluding steroid dienone is 2. The minimum Gasteiger partial charge on any atom is -0.379 e. The summed E-state index contributed by atoms with van der Waals surface area (Å²) in [6, 6.07) is 9.42. The number of nitrogens with zero attached hydrogens (tertiary/aromatic N) is 2. The minimum atomic E-state index is -4.60. The summed E-state index contributed by atoms with van der Waals surface area (Å²) in [5, 5.41) is 8.56. The molecule has 2 aromatic carbocycles. The lowest BCUT2D eigenvalue weighted by Gasteiger charge is -2.19. The molecule has 0 aliphatic heterocycles. The number of nitrogens with one attached hydrogen (secondary N) is 1. The van der Waals surface area contributed by atoms with Crippen LogP contribution in [0.5, 0.6) is 0 Å². The van der Waals surface area contributed by atoms with Crippen molar-refractivity contribution in [2.24, 2.45) is 0 Å². The molecule has 0 saturated heterocycles. The topological polar surface area (TPSA) is 29.9 Å². The van der Waals surface area contributed by atoms with Crippen molar-refractivity contribution >= 4 is 17.0 Å². The molecular formula is C32H39F4N3. The summed E-state index contributed by atoms with van der Waals surface area (Å²) >= 11 is 0. The molecule has 1 unspecified atom stereocenters. The number of hydrogen-bond acceptors (Lipinski definition) is 2. The van der Waals surface area contributed by atoms with E-state index in [1.807, 2.05) is 51.1 Å². The Bertz CT molecular complexity index is 1350. The first-order valence-corrected chi connectivity index (χ1v) is 12.8. The first kappa shape index (κ1) is 31.6. The largest absolute Gasteiger partial charge is 0.416 e. The fourth-order valence-electron chi connectivity index (χ4n) is 3.79. The average molecular weight is 542 g/mol. The molecule has 0 saturated carbocycles.